The summed E-state index contributed by atoms with van der Waals surface area (Å²) in [6.45, 7) is 0.0633. The normalized spacial score (nSPS) is 13.4. The van der Waals surface area contributed by atoms with E-state index in [4.69, 9.17) is 17.3 Å². The number of nitrogens with two attached hydrogens (primary N) is 1. The first kappa shape index (κ1) is 16.4. The van der Waals surface area contributed by atoms with Gasteiger partial charge in [0.05, 0.1) is 5.69 Å². The summed E-state index contributed by atoms with van der Waals surface area (Å²) in [5.74, 6) is -0.668. The second kappa shape index (κ2) is 6.65. The van der Waals surface area contributed by atoms with Gasteiger partial charge in [0.25, 0.3) is 0 Å². The Labute approximate surface area is 118 Å². The molecule has 0 bridgehead atoms. The highest BCUT2D eigenvalue weighted by molar-refractivity contribution is 7.89. The molecule has 0 heterocycles. The van der Waals surface area contributed by atoms with Crippen LogP contribution in [-0.4, -0.2) is 31.2 Å². The first-order chi connectivity index (χ1) is 8.74. The van der Waals surface area contributed by atoms with Crippen LogP contribution in [0.25, 0.3) is 0 Å². The molecule has 1 unspecified atom stereocenters. The summed E-state index contributed by atoms with van der Waals surface area (Å²) in [5, 5.41) is 0.0361. The van der Waals surface area contributed by atoms with Crippen molar-refractivity contribution in [1.82, 2.24) is 4.72 Å². The molecular formula is C10H14ClFN2O3S2. The number of sulfonamides is 1. The summed E-state index contributed by atoms with van der Waals surface area (Å²) in [6.07, 6.45) is 1.91. The Morgan fingerprint density at radius 3 is 2.68 bits per heavy atom. The van der Waals surface area contributed by atoms with Gasteiger partial charge in [-0.2, -0.15) is 0 Å². The minimum absolute atomic E-state index is 0.0361. The van der Waals surface area contributed by atoms with E-state index in [1.807, 2.05) is 0 Å². The molecule has 108 valence electrons. The van der Waals surface area contributed by atoms with Crippen LogP contribution in [0.5, 0.6) is 0 Å². The SMILES string of the molecule is CS(=O)CCCNS(=O)(=O)c1cc(Cl)cc(N)c1F. The molecule has 0 aliphatic carbocycles. The van der Waals surface area contributed by atoms with Crippen molar-refractivity contribution in [2.45, 2.75) is 11.3 Å². The summed E-state index contributed by atoms with van der Waals surface area (Å²) in [5.41, 5.74) is 4.99. The number of hydrogen-bond donors (Lipinski definition) is 2. The van der Waals surface area contributed by atoms with Crippen LogP contribution in [0.4, 0.5) is 10.1 Å². The van der Waals surface area contributed by atoms with Crippen LogP contribution < -0.4 is 10.5 Å². The van der Waals surface area contributed by atoms with Gasteiger partial charge in [-0.15, -0.1) is 0 Å². The lowest BCUT2D eigenvalue weighted by Gasteiger charge is -2.09. The zero-order chi connectivity index (χ0) is 14.6. The number of benzene rings is 1. The Morgan fingerprint density at radius 1 is 1.47 bits per heavy atom. The fraction of sp³-hybridized carbons (Fsp3) is 0.400. The van der Waals surface area contributed by atoms with Crippen LogP contribution in [0.1, 0.15) is 6.42 Å². The third-order valence-corrected chi connectivity index (χ3v) is 4.76. The van der Waals surface area contributed by atoms with Crippen molar-refractivity contribution in [3.63, 3.8) is 0 Å². The number of nitrogen functional groups attached to an aromatic ring is 1. The second-order valence-electron chi connectivity index (χ2n) is 3.84. The van der Waals surface area contributed by atoms with Crippen molar-refractivity contribution in [2.75, 3.05) is 24.3 Å². The Bertz CT molecular complexity index is 593. The molecule has 0 amide bonds. The summed E-state index contributed by atoms with van der Waals surface area (Å²) >= 11 is 5.65. The number of halogens is 2. The average Bonchev–Trinajstić information content (AvgIpc) is 2.29. The molecule has 0 fully saturated rings. The molecule has 19 heavy (non-hydrogen) atoms. The predicted molar refractivity (Wildman–Crippen MR) is 74.6 cm³/mol. The Hall–Kier alpha value is -0.700. The number of rotatable bonds is 6. The van der Waals surface area contributed by atoms with Gasteiger partial charge in [0.15, 0.2) is 5.82 Å². The highest BCUT2D eigenvalue weighted by atomic mass is 35.5. The molecule has 0 aromatic heterocycles. The Morgan fingerprint density at radius 2 is 2.11 bits per heavy atom. The van der Waals surface area contributed by atoms with Gasteiger partial charge in [-0.3, -0.25) is 4.21 Å². The summed E-state index contributed by atoms with van der Waals surface area (Å²) in [6, 6.07) is 2.13. The van der Waals surface area contributed by atoms with E-state index in [-0.39, 0.29) is 17.3 Å². The van der Waals surface area contributed by atoms with Crippen LogP contribution in [0.15, 0.2) is 17.0 Å². The minimum atomic E-state index is -4.02. The average molecular weight is 329 g/mol. The molecule has 0 saturated heterocycles. The third kappa shape index (κ3) is 4.72. The van der Waals surface area contributed by atoms with E-state index in [1.165, 1.54) is 6.26 Å². The lowest BCUT2D eigenvalue weighted by atomic mass is 10.3. The van der Waals surface area contributed by atoms with Gasteiger partial charge in [-0.25, -0.2) is 17.5 Å². The monoisotopic (exact) mass is 328 g/mol. The lowest BCUT2D eigenvalue weighted by Crippen LogP contribution is -2.26. The maximum atomic E-state index is 13.7. The molecule has 1 rings (SSSR count). The highest BCUT2D eigenvalue weighted by Crippen LogP contribution is 2.24. The summed E-state index contributed by atoms with van der Waals surface area (Å²) in [7, 11) is -5.02. The van der Waals surface area contributed by atoms with Crippen molar-refractivity contribution in [2.24, 2.45) is 0 Å². The molecule has 0 radical (unpaired) electrons. The maximum Gasteiger partial charge on any atom is 0.243 e. The fourth-order valence-electron chi connectivity index (χ4n) is 1.34. The zero-order valence-electron chi connectivity index (χ0n) is 10.2. The summed E-state index contributed by atoms with van der Waals surface area (Å²) in [4.78, 5) is -0.588. The van der Waals surface area contributed by atoms with Crippen LogP contribution in [0.3, 0.4) is 0 Å². The van der Waals surface area contributed by atoms with Crippen molar-refractivity contribution in [3.05, 3.63) is 23.0 Å². The van der Waals surface area contributed by atoms with Gasteiger partial charge >= 0.3 is 0 Å². The molecule has 9 heteroatoms. The van der Waals surface area contributed by atoms with Crippen molar-refractivity contribution >= 4 is 38.1 Å². The molecule has 1 atom stereocenters. The van der Waals surface area contributed by atoms with Crippen molar-refractivity contribution < 1.29 is 17.0 Å². The molecule has 0 aliphatic rings. The van der Waals surface area contributed by atoms with E-state index in [1.54, 1.807) is 0 Å². The molecule has 1 aromatic rings. The minimum Gasteiger partial charge on any atom is -0.396 e. The van der Waals surface area contributed by atoms with Gasteiger partial charge in [-0.05, 0) is 18.6 Å². The van der Waals surface area contributed by atoms with Crippen molar-refractivity contribution in [3.8, 4) is 0 Å². The van der Waals surface area contributed by atoms with E-state index in [2.05, 4.69) is 4.72 Å². The van der Waals surface area contributed by atoms with Gasteiger partial charge in [0.1, 0.15) is 4.90 Å². The Kier molecular flexibility index (Phi) is 5.72. The first-order valence-corrected chi connectivity index (χ1v) is 8.87. The first-order valence-electron chi connectivity index (χ1n) is 5.28. The van der Waals surface area contributed by atoms with E-state index < -0.39 is 31.5 Å². The maximum absolute atomic E-state index is 13.7. The largest absolute Gasteiger partial charge is 0.396 e. The van der Waals surface area contributed by atoms with E-state index in [0.717, 1.165) is 12.1 Å². The summed E-state index contributed by atoms with van der Waals surface area (Å²) < 4.78 is 50.4. The molecular weight excluding hydrogens is 315 g/mol. The molecule has 0 spiro atoms. The molecule has 3 N–H and O–H groups in total. The second-order valence-corrected chi connectivity index (χ2v) is 7.56. The predicted octanol–water partition coefficient (Wildman–Crippen LogP) is 1.11. The molecule has 0 saturated carbocycles. The highest BCUT2D eigenvalue weighted by Gasteiger charge is 2.21. The fourth-order valence-corrected chi connectivity index (χ4v) is 3.39. The molecule has 0 aliphatic heterocycles. The smallest absolute Gasteiger partial charge is 0.243 e. The quantitative estimate of drug-likeness (QED) is 0.604. The number of anilines is 1. The zero-order valence-corrected chi connectivity index (χ0v) is 12.5. The number of hydrogen-bond acceptors (Lipinski definition) is 4. The third-order valence-electron chi connectivity index (χ3n) is 2.22. The van der Waals surface area contributed by atoms with Crippen LogP contribution in [0.2, 0.25) is 5.02 Å². The Balaban J connectivity index is 2.86. The molecule has 5 nitrogen and oxygen atoms in total. The van der Waals surface area contributed by atoms with Gasteiger partial charge < -0.3 is 5.73 Å². The van der Waals surface area contributed by atoms with Gasteiger partial charge in [0.2, 0.25) is 10.0 Å². The van der Waals surface area contributed by atoms with E-state index in [9.17, 15) is 17.0 Å². The topological polar surface area (TPSA) is 89.3 Å². The standard InChI is InChI=1S/C10H14ClFN2O3S2/c1-18(15)4-2-3-14-19(16,17)9-6-7(11)5-8(13)10(9)12/h5-6,14H,2-4,13H2,1H3. The van der Waals surface area contributed by atoms with Crippen LogP contribution >= 0.6 is 11.6 Å². The van der Waals surface area contributed by atoms with Crippen LogP contribution in [0, 0.1) is 5.82 Å². The van der Waals surface area contributed by atoms with Crippen molar-refractivity contribution in [1.29, 1.82) is 0 Å². The van der Waals surface area contributed by atoms with E-state index >= 15 is 0 Å². The van der Waals surface area contributed by atoms with Gasteiger partial charge in [-0.1, -0.05) is 11.6 Å². The van der Waals surface area contributed by atoms with Gasteiger partial charge in [0, 0.05) is 34.4 Å². The van der Waals surface area contributed by atoms with Crippen LogP contribution in [-0.2, 0) is 20.8 Å². The number of nitrogens with one attached hydrogen (secondary N) is 1. The molecule has 1 aromatic carbocycles. The lowest BCUT2D eigenvalue weighted by molar-refractivity contribution is 0.558. The van der Waals surface area contributed by atoms with E-state index in [0.29, 0.717) is 12.2 Å².